The molecule has 0 spiro atoms. The van der Waals surface area contributed by atoms with Gasteiger partial charge in [-0.1, -0.05) is 42.0 Å². The molecule has 7 heteroatoms. The van der Waals surface area contributed by atoms with Crippen LogP contribution in [0.1, 0.15) is 12.5 Å². The number of benzene rings is 2. The van der Waals surface area contributed by atoms with Gasteiger partial charge in [0, 0.05) is 17.5 Å². The first-order chi connectivity index (χ1) is 15.1. The van der Waals surface area contributed by atoms with Crippen molar-refractivity contribution in [2.75, 3.05) is 30.4 Å². The zero-order valence-electron chi connectivity index (χ0n) is 17.8. The maximum absolute atomic E-state index is 12.8. The van der Waals surface area contributed by atoms with E-state index in [9.17, 15) is 4.79 Å². The number of hydrogen-bond donors (Lipinski definition) is 1. The number of amides is 1. The lowest BCUT2D eigenvalue weighted by Gasteiger charge is -2.22. The topological polar surface area (TPSA) is 67.4 Å². The van der Waals surface area contributed by atoms with Crippen molar-refractivity contribution in [2.24, 2.45) is 0 Å². The highest BCUT2D eigenvalue weighted by Gasteiger charge is 2.19. The van der Waals surface area contributed by atoms with Crippen LogP contribution in [0.25, 0.3) is 21.3 Å². The van der Waals surface area contributed by atoms with Crippen LogP contribution in [0.2, 0.25) is 0 Å². The van der Waals surface area contributed by atoms with Crippen molar-refractivity contribution in [3.63, 3.8) is 0 Å². The normalized spacial score (nSPS) is 10.8. The second-order valence-electron chi connectivity index (χ2n) is 7.16. The lowest BCUT2D eigenvalue weighted by atomic mass is 10.0. The molecule has 0 aliphatic carbocycles. The van der Waals surface area contributed by atoms with Crippen molar-refractivity contribution in [3.8, 4) is 16.9 Å². The fraction of sp³-hybridized carbons (Fsp3) is 0.208. The highest BCUT2D eigenvalue weighted by molar-refractivity contribution is 7.17. The summed E-state index contributed by atoms with van der Waals surface area (Å²) in [5.74, 6) is 1.26. The summed E-state index contributed by atoms with van der Waals surface area (Å²) in [4.78, 5) is 24.7. The van der Waals surface area contributed by atoms with Crippen molar-refractivity contribution >= 4 is 39.0 Å². The predicted octanol–water partition coefficient (Wildman–Crippen LogP) is 5.14. The molecule has 0 aliphatic rings. The third-order valence-corrected chi connectivity index (χ3v) is 6.00. The Morgan fingerprint density at radius 2 is 1.90 bits per heavy atom. The smallest absolute Gasteiger partial charge is 0.244 e. The molecule has 0 saturated carbocycles. The number of nitrogens with one attached hydrogen (secondary N) is 1. The van der Waals surface area contributed by atoms with Gasteiger partial charge in [0.1, 0.15) is 22.7 Å². The lowest BCUT2D eigenvalue weighted by Crippen LogP contribution is -2.34. The van der Waals surface area contributed by atoms with E-state index in [1.54, 1.807) is 24.8 Å². The number of fused-ring (bicyclic) bond motifs is 1. The lowest BCUT2D eigenvalue weighted by molar-refractivity contribution is -0.115. The number of hydrogen-bond acceptors (Lipinski definition) is 6. The molecule has 158 valence electrons. The molecule has 4 rings (SSSR count). The monoisotopic (exact) mass is 432 g/mol. The predicted molar refractivity (Wildman–Crippen MR) is 127 cm³/mol. The van der Waals surface area contributed by atoms with Gasteiger partial charge in [-0.2, -0.15) is 0 Å². The maximum Gasteiger partial charge on any atom is 0.244 e. The molecule has 6 nitrogen and oxygen atoms in total. The number of aryl methyl sites for hydroxylation is 1. The minimum absolute atomic E-state index is 0.134. The summed E-state index contributed by atoms with van der Waals surface area (Å²) in [6, 6.07) is 15.8. The van der Waals surface area contributed by atoms with E-state index in [1.807, 2.05) is 36.1 Å². The second kappa shape index (κ2) is 9.14. The van der Waals surface area contributed by atoms with Gasteiger partial charge >= 0.3 is 0 Å². The van der Waals surface area contributed by atoms with Gasteiger partial charge in [0.15, 0.2) is 0 Å². The minimum Gasteiger partial charge on any atom is -0.495 e. The van der Waals surface area contributed by atoms with E-state index >= 15 is 0 Å². The van der Waals surface area contributed by atoms with Gasteiger partial charge in [-0.25, -0.2) is 9.97 Å². The number of para-hydroxylation sites is 2. The zero-order valence-corrected chi connectivity index (χ0v) is 18.6. The Hall–Kier alpha value is -3.45. The number of rotatable bonds is 7. The molecule has 2 heterocycles. The van der Waals surface area contributed by atoms with Crippen LogP contribution in [0.3, 0.4) is 0 Å². The Morgan fingerprint density at radius 3 is 2.65 bits per heavy atom. The maximum atomic E-state index is 12.8. The molecule has 0 aliphatic heterocycles. The SMILES string of the molecule is CCN(CC(=O)Nc1ccccc1OC)c1ncnc2scc(-c3ccc(C)cc3)c12. The first-order valence-corrected chi connectivity index (χ1v) is 11.0. The standard InChI is InChI=1S/C24H24N4O2S/c1-4-28(13-21(29)27-19-7-5-6-8-20(19)30-3)23-22-18(14-31-24(22)26-15-25-23)17-11-9-16(2)10-12-17/h5-12,14-15H,4,13H2,1-3H3,(H,27,29). The van der Waals surface area contributed by atoms with Crippen LogP contribution in [-0.4, -0.2) is 36.1 Å². The largest absolute Gasteiger partial charge is 0.495 e. The highest BCUT2D eigenvalue weighted by Crippen LogP contribution is 2.38. The van der Waals surface area contributed by atoms with E-state index in [0.717, 1.165) is 27.2 Å². The van der Waals surface area contributed by atoms with E-state index in [4.69, 9.17) is 4.74 Å². The van der Waals surface area contributed by atoms with E-state index < -0.39 is 0 Å². The quantitative estimate of drug-likeness (QED) is 0.438. The van der Waals surface area contributed by atoms with Gasteiger partial charge in [-0.15, -0.1) is 11.3 Å². The fourth-order valence-electron chi connectivity index (χ4n) is 3.49. The molecule has 31 heavy (non-hydrogen) atoms. The fourth-order valence-corrected chi connectivity index (χ4v) is 4.40. The molecule has 0 unspecified atom stereocenters. The molecule has 2 aromatic heterocycles. The molecule has 4 aromatic rings. The van der Waals surface area contributed by atoms with Crippen LogP contribution in [-0.2, 0) is 4.79 Å². The minimum atomic E-state index is -0.134. The average Bonchev–Trinajstić information content (AvgIpc) is 3.23. The van der Waals surface area contributed by atoms with Crippen molar-refractivity contribution in [1.82, 2.24) is 9.97 Å². The second-order valence-corrected chi connectivity index (χ2v) is 8.01. The summed E-state index contributed by atoms with van der Waals surface area (Å²) in [6.45, 7) is 4.89. The Balaban J connectivity index is 1.65. The zero-order chi connectivity index (χ0) is 21.8. The number of nitrogens with zero attached hydrogens (tertiary/aromatic N) is 3. The summed E-state index contributed by atoms with van der Waals surface area (Å²) in [5.41, 5.74) is 4.05. The first kappa shape index (κ1) is 20.8. The van der Waals surface area contributed by atoms with Crippen molar-refractivity contribution < 1.29 is 9.53 Å². The van der Waals surface area contributed by atoms with Crippen molar-refractivity contribution in [2.45, 2.75) is 13.8 Å². The molecule has 1 N–H and O–H groups in total. The number of anilines is 2. The van der Waals surface area contributed by atoms with Crippen molar-refractivity contribution in [1.29, 1.82) is 0 Å². The van der Waals surface area contributed by atoms with E-state index in [2.05, 4.69) is 51.9 Å². The van der Waals surface area contributed by atoms with Gasteiger partial charge in [-0.3, -0.25) is 4.79 Å². The van der Waals surface area contributed by atoms with Crippen LogP contribution < -0.4 is 15.0 Å². The average molecular weight is 433 g/mol. The Labute approximate surface area is 185 Å². The van der Waals surface area contributed by atoms with E-state index in [-0.39, 0.29) is 12.5 Å². The third-order valence-electron chi connectivity index (χ3n) is 5.11. The van der Waals surface area contributed by atoms with Crippen LogP contribution in [0.5, 0.6) is 5.75 Å². The molecular weight excluding hydrogens is 408 g/mol. The van der Waals surface area contributed by atoms with Crippen LogP contribution >= 0.6 is 11.3 Å². The molecule has 0 saturated heterocycles. The number of carbonyl (C=O) groups is 1. The summed E-state index contributed by atoms with van der Waals surface area (Å²) < 4.78 is 5.33. The Bertz CT molecular complexity index is 1200. The van der Waals surface area contributed by atoms with Crippen LogP contribution in [0.15, 0.2) is 60.2 Å². The number of aromatic nitrogens is 2. The summed E-state index contributed by atoms with van der Waals surface area (Å²) in [7, 11) is 1.59. The Morgan fingerprint density at radius 1 is 1.13 bits per heavy atom. The number of likely N-dealkylation sites (N-methyl/N-ethyl adjacent to an activating group) is 1. The summed E-state index contributed by atoms with van der Waals surface area (Å²) in [6.07, 6.45) is 1.56. The summed E-state index contributed by atoms with van der Waals surface area (Å²) in [5, 5.41) is 6.03. The molecule has 1 amide bonds. The van der Waals surface area contributed by atoms with Gasteiger partial charge in [0.25, 0.3) is 0 Å². The van der Waals surface area contributed by atoms with Gasteiger partial charge < -0.3 is 15.0 Å². The molecule has 0 fully saturated rings. The molecule has 0 radical (unpaired) electrons. The molecule has 2 aromatic carbocycles. The van der Waals surface area contributed by atoms with Crippen molar-refractivity contribution in [3.05, 3.63) is 65.8 Å². The van der Waals surface area contributed by atoms with Crippen LogP contribution in [0, 0.1) is 6.92 Å². The Kier molecular flexibility index (Phi) is 6.13. The van der Waals surface area contributed by atoms with E-state index in [1.165, 1.54) is 5.56 Å². The first-order valence-electron chi connectivity index (χ1n) is 10.1. The third kappa shape index (κ3) is 4.36. The molecule has 0 atom stereocenters. The number of carbonyl (C=O) groups excluding carboxylic acids is 1. The molecule has 0 bridgehead atoms. The van der Waals surface area contributed by atoms with Gasteiger partial charge in [0.05, 0.1) is 24.7 Å². The number of thiophene rings is 1. The van der Waals surface area contributed by atoms with Gasteiger partial charge in [0.2, 0.25) is 5.91 Å². The number of ether oxygens (including phenoxy) is 1. The molecular formula is C24H24N4O2S. The number of methoxy groups -OCH3 is 1. The van der Waals surface area contributed by atoms with Crippen LogP contribution in [0.4, 0.5) is 11.5 Å². The highest BCUT2D eigenvalue weighted by atomic mass is 32.1. The van der Waals surface area contributed by atoms with E-state index in [0.29, 0.717) is 18.0 Å². The van der Waals surface area contributed by atoms with Gasteiger partial charge in [-0.05, 0) is 31.5 Å². The summed E-state index contributed by atoms with van der Waals surface area (Å²) >= 11 is 1.59.